The van der Waals surface area contributed by atoms with E-state index in [1.807, 2.05) is 36.4 Å². The van der Waals surface area contributed by atoms with Gasteiger partial charge in [0.1, 0.15) is 5.16 Å². The number of benzene rings is 2. The normalized spacial score (nSPS) is 12.1. The third-order valence-electron chi connectivity index (χ3n) is 4.12. The van der Waals surface area contributed by atoms with Crippen molar-refractivity contribution in [1.29, 1.82) is 0 Å². The highest BCUT2D eigenvalue weighted by atomic mass is 35.5. The van der Waals surface area contributed by atoms with Crippen LogP contribution < -0.4 is 9.47 Å². The van der Waals surface area contributed by atoms with E-state index in [0.717, 1.165) is 17.4 Å². The van der Waals surface area contributed by atoms with Gasteiger partial charge in [-0.2, -0.15) is 0 Å². The molecule has 2 aromatic rings. The lowest BCUT2D eigenvalue weighted by Gasteiger charge is -2.24. The van der Waals surface area contributed by atoms with Crippen molar-refractivity contribution in [1.82, 2.24) is 4.31 Å². The Kier molecular flexibility index (Phi) is 7.54. The molecule has 0 atom stereocenters. The van der Waals surface area contributed by atoms with Crippen LogP contribution >= 0.6 is 11.6 Å². The van der Waals surface area contributed by atoms with Crippen molar-refractivity contribution in [3.63, 3.8) is 0 Å². The maximum atomic E-state index is 12.5. The van der Waals surface area contributed by atoms with Crippen molar-refractivity contribution in [3.8, 4) is 11.5 Å². The summed E-state index contributed by atoms with van der Waals surface area (Å²) in [4.78, 5) is 0. The largest absolute Gasteiger partial charge is 0.493 e. The smallest absolute Gasteiger partial charge is 0.233 e. The quantitative estimate of drug-likeness (QED) is 0.437. The number of hydrogen-bond acceptors (Lipinski definition) is 4. The molecule has 2 aromatic carbocycles. The van der Waals surface area contributed by atoms with E-state index in [2.05, 4.69) is 6.58 Å². The summed E-state index contributed by atoms with van der Waals surface area (Å²) in [6.45, 7) is 3.90. The second-order valence-corrected chi connectivity index (χ2v) is 8.35. The van der Waals surface area contributed by atoms with Crippen LogP contribution in [-0.2, 0) is 16.6 Å². The fourth-order valence-electron chi connectivity index (χ4n) is 2.72. The van der Waals surface area contributed by atoms with Crippen molar-refractivity contribution in [3.05, 3.63) is 77.5 Å². The van der Waals surface area contributed by atoms with E-state index < -0.39 is 10.0 Å². The van der Waals surface area contributed by atoms with Gasteiger partial charge in [0.15, 0.2) is 11.5 Å². The van der Waals surface area contributed by atoms with Crippen LogP contribution in [0.3, 0.4) is 0 Å². The van der Waals surface area contributed by atoms with Crippen LogP contribution in [0.25, 0.3) is 5.57 Å². The Hall–Kier alpha value is -2.44. The Balaban J connectivity index is 2.59. The van der Waals surface area contributed by atoms with Gasteiger partial charge in [0.2, 0.25) is 10.0 Å². The zero-order valence-electron chi connectivity index (χ0n) is 16.2. The average Bonchev–Trinajstić information content (AvgIpc) is 2.69. The van der Waals surface area contributed by atoms with Crippen molar-refractivity contribution in [2.75, 3.05) is 20.5 Å². The number of hydrogen-bond donors (Lipinski definition) is 0. The van der Waals surface area contributed by atoms with E-state index >= 15 is 0 Å². The lowest BCUT2D eigenvalue weighted by atomic mass is 10.0. The number of nitrogens with zero attached hydrogens (tertiary/aromatic N) is 1. The zero-order valence-corrected chi connectivity index (χ0v) is 17.8. The summed E-state index contributed by atoms with van der Waals surface area (Å²) in [5.41, 5.74) is 2.18. The molecule has 0 N–H and O–H groups in total. The molecule has 7 heteroatoms. The molecule has 0 aliphatic carbocycles. The number of allylic oxidation sites excluding steroid dienone is 2. The van der Waals surface area contributed by atoms with Crippen molar-refractivity contribution in [2.45, 2.75) is 13.0 Å². The second-order valence-electron chi connectivity index (χ2n) is 6.09. The van der Waals surface area contributed by atoms with Crippen LogP contribution in [0.4, 0.5) is 0 Å². The van der Waals surface area contributed by atoms with E-state index in [1.165, 1.54) is 4.31 Å². The first-order valence-corrected chi connectivity index (χ1v) is 10.8. The number of halogens is 1. The Morgan fingerprint density at radius 1 is 1.11 bits per heavy atom. The molecule has 0 radical (unpaired) electrons. The fraction of sp³-hybridized carbons (Fsp3) is 0.238. The lowest BCUT2D eigenvalue weighted by molar-refractivity contribution is 0.355. The van der Waals surface area contributed by atoms with Gasteiger partial charge >= 0.3 is 0 Å². The predicted molar refractivity (Wildman–Crippen MR) is 114 cm³/mol. The van der Waals surface area contributed by atoms with Gasteiger partial charge in [-0.3, -0.25) is 4.31 Å². The maximum Gasteiger partial charge on any atom is 0.233 e. The minimum absolute atomic E-state index is 0.124. The summed E-state index contributed by atoms with van der Waals surface area (Å²) in [5.74, 6) is 1.10. The Morgan fingerprint density at radius 3 is 2.29 bits per heavy atom. The third kappa shape index (κ3) is 5.30. The highest BCUT2D eigenvalue weighted by Crippen LogP contribution is 2.35. The third-order valence-corrected chi connectivity index (χ3v) is 5.76. The molecule has 0 saturated heterocycles. The van der Waals surface area contributed by atoms with E-state index in [-0.39, 0.29) is 11.7 Å². The van der Waals surface area contributed by atoms with Crippen molar-refractivity contribution < 1.29 is 17.9 Å². The topological polar surface area (TPSA) is 55.8 Å². The molecule has 0 aliphatic rings. The highest BCUT2D eigenvalue weighted by Gasteiger charge is 2.23. The average molecular weight is 422 g/mol. The van der Waals surface area contributed by atoms with Gasteiger partial charge in [-0.05, 0) is 35.3 Å². The first-order valence-electron chi connectivity index (χ1n) is 8.55. The van der Waals surface area contributed by atoms with Gasteiger partial charge in [-0.15, -0.1) is 6.58 Å². The summed E-state index contributed by atoms with van der Waals surface area (Å²) in [6.07, 6.45) is 3.20. The second kappa shape index (κ2) is 9.66. The Labute approximate surface area is 171 Å². The summed E-state index contributed by atoms with van der Waals surface area (Å²) < 4.78 is 36.8. The van der Waals surface area contributed by atoms with Crippen LogP contribution in [0, 0.1) is 0 Å². The summed E-state index contributed by atoms with van der Waals surface area (Å²) in [5, 5.41) is 0.124. The van der Waals surface area contributed by atoms with E-state index in [9.17, 15) is 8.42 Å². The lowest BCUT2D eigenvalue weighted by Crippen LogP contribution is -2.27. The monoisotopic (exact) mass is 421 g/mol. The highest BCUT2D eigenvalue weighted by molar-refractivity contribution is 7.88. The molecule has 0 aromatic heterocycles. The van der Waals surface area contributed by atoms with Gasteiger partial charge in [0.25, 0.3) is 0 Å². The SMILES string of the molecule is C=CC/C(=C(\Cl)N(Cc1ccccc1)S(C)(=O)=O)c1ccc(OC)c(OC)c1. The molecule has 150 valence electrons. The van der Waals surface area contributed by atoms with Crippen LogP contribution in [0.1, 0.15) is 17.5 Å². The molecule has 0 spiro atoms. The standard InChI is InChI=1S/C21H24ClNO4S/c1-5-9-18(17-12-13-19(26-2)20(14-17)27-3)21(22)23(28(4,24)25)15-16-10-7-6-8-11-16/h5-8,10-14H,1,9,15H2,2-4H3/b21-18-. The number of sulfonamides is 1. The van der Waals surface area contributed by atoms with Crippen LogP contribution in [0.15, 0.2) is 66.3 Å². The maximum absolute atomic E-state index is 12.5. The van der Waals surface area contributed by atoms with Crippen LogP contribution in [0.5, 0.6) is 11.5 Å². The number of methoxy groups -OCH3 is 2. The molecule has 0 saturated carbocycles. The van der Waals surface area contributed by atoms with E-state index in [4.69, 9.17) is 21.1 Å². The summed E-state index contributed by atoms with van der Waals surface area (Å²) in [7, 11) is -0.517. The Morgan fingerprint density at radius 2 is 1.75 bits per heavy atom. The van der Waals surface area contributed by atoms with E-state index in [0.29, 0.717) is 23.5 Å². The first-order chi connectivity index (χ1) is 13.3. The molecule has 0 bridgehead atoms. The van der Waals surface area contributed by atoms with Crippen LogP contribution in [0.2, 0.25) is 0 Å². The molecule has 5 nitrogen and oxygen atoms in total. The molecular formula is C21H24ClNO4S. The molecule has 0 aliphatic heterocycles. The zero-order chi connectivity index (χ0) is 20.7. The van der Waals surface area contributed by atoms with Gasteiger partial charge in [0, 0.05) is 0 Å². The summed E-state index contributed by atoms with van der Waals surface area (Å²) in [6, 6.07) is 14.6. The number of ether oxygens (including phenoxy) is 2. The molecule has 0 heterocycles. The first kappa shape index (κ1) is 21.9. The van der Waals surface area contributed by atoms with Crippen molar-refractivity contribution >= 4 is 27.2 Å². The minimum atomic E-state index is -3.61. The molecule has 2 rings (SSSR count). The minimum Gasteiger partial charge on any atom is -0.493 e. The Bertz CT molecular complexity index is 956. The van der Waals surface area contributed by atoms with Gasteiger partial charge in [-0.1, -0.05) is 54.1 Å². The van der Waals surface area contributed by atoms with Gasteiger partial charge < -0.3 is 9.47 Å². The summed E-state index contributed by atoms with van der Waals surface area (Å²) >= 11 is 6.64. The fourth-order valence-corrected chi connectivity index (χ4v) is 4.13. The molecular weight excluding hydrogens is 398 g/mol. The molecule has 0 unspecified atom stereocenters. The van der Waals surface area contributed by atoms with Crippen molar-refractivity contribution in [2.24, 2.45) is 0 Å². The van der Waals surface area contributed by atoms with Crippen LogP contribution in [-0.4, -0.2) is 33.2 Å². The van der Waals surface area contributed by atoms with E-state index in [1.54, 1.807) is 32.4 Å². The number of rotatable bonds is 9. The molecule has 28 heavy (non-hydrogen) atoms. The van der Waals surface area contributed by atoms with Gasteiger partial charge in [-0.25, -0.2) is 8.42 Å². The molecule has 0 fully saturated rings. The van der Waals surface area contributed by atoms with Gasteiger partial charge in [0.05, 0.1) is 27.0 Å². The molecule has 0 amide bonds. The predicted octanol–water partition coefficient (Wildman–Crippen LogP) is 4.65.